The highest BCUT2D eigenvalue weighted by atomic mass is 19.4. The van der Waals surface area contributed by atoms with Crippen LogP contribution < -0.4 is 10.6 Å². The van der Waals surface area contributed by atoms with Crippen molar-refractivity contribution >= 4 is 11.4 Å². The van der Waals surface area contributed by atoms with Crippen molar-refractivity contribution in [3.8, 4) is 0 Å². The number of halogens is 3. The third-order valence-electron chi connectivity index (χ3n) is 3.37. The van der Waals surface area contributed by atoms with Gasteiger partial charge in [-0.15, -0.1) is 0 Å². The SMILES string of the molecule is Nc1cnc(C(F)(F)F)cc1N1CCC(CCO)C1. The van der Waals surface area contributed by atoms with E-state index in [-0.39, 0.29) is 12.3 Å². The molecule has 0 saturated carbocycles. The summed E-state index contributed by atoms with van der Waals surface area (Å²) in [5.74, 6) is 0.298. The average Bonchev–Trinajstić information content (AvgIpc) is 2.77. The van der Waals surface area contributed by atoms with Crippen molar-refractivity contribution in [2.75, 3.05) is 30.3 Å². The number of pyridine rings is 1. The Morgan fingerprint density at radius 3 is 2.84 bits per heavy atom. The van der Waals surface area contributed by atoms with Crippen LogP contribution in [0.1, 0.15) is 18.5 Å². The number of hydrogen-bond donors (Lipinski definition) is 2. The Hall–Kier alpha value is -1.50. The second kappa shape index (κ2) is 5.24. The molecule has 0 radical (unpaired) electrons. The number of aliphatic hydroxyl groups is 1. The maximum atomic E-state index is 12.6. The van der Waals surface area contributed by atoms with Crippen LogP contribution in [0.15, 0.2) is 12.3 Å². The first-order valence-corrected chi connectivity index (χ1v) is 6.10. The zero-order valence-corrected chi connectivity index (χ0v) is 10.3. The van der Waals surface area contributed by atoms with E-state index < -0.39 is 11.9 Å². The van der Waals surface area contributed by atoms with Crippen LogP contribution in [-0.2, 0) is 6.18 Å². The number of nitrogens with two attached hydrogens (primary N) is 1. The minimum atomic E-state index is -4.47. The smallest absolute Gasteiger partial charge is 0.396 e. The lowest BCUT2D eigenvalue weighted by Gasteiger charge is -2.21. The quantitative estimate of drug-likeness (QED) is 0.884. The second-order valence-electron chi connectivity index (χ2n) is 4.74. The van der Waals surface area contributed by atoms with E-state index in [4.69, 9.17) is 10.8 Å². The Morgan fingerprint density at radius 2 is 2.21 bits per heavy atom. The van der Waals surface area contributed by atoms with Gasteiger partial charge >= 0.3 is 6.18 Å². The fourth-order valence-electron chi connectivity index (χ4n) is 2.35. The molecule has 0 aliphatic carbocycles. The molecule has 1 fully saturated rings. The number of alkyl halides is 3. The van der Waals surface area contributed by atoms with Crippen molar-refractivity contribution in [1.29, 1.82) is 0 Å². The lowest BCUT2D eigenvalue weighted by molar-refractivity contribution is -0.141. The fraction of sp³-hybridized carbons (Fsp3) is 0.583. The first kappa shape index (κ1) is 13.9. The molecule has 1 aromatic rings. The zero-order chi connectivity index (χ0) is 14.0. The lowest BCUT2D eigenvalue weighted by atomic mass is 10.1. The van der Waals surface area contributed by atoms with Crippen molar-refractivity contribution in [3.05, 3.63) is 18.0 Å². The number of anilines is 2. The Labute approximate surface area is 109 Å². The molecule has 106 valence electrons. The normalized spacial score (nSPS) is 20.0. The molecule has 0 amide bonds. The first-order valence-electron chi connectivity index (χ1n) is 6.10. The summed E-state index contributed by atoms with van der Waals surface area (Å²) in [6.07, 6.45) is -1.90. The summed E-state index contributed by atoms with van der Waals surface area (Å²) < 4.78 is 37.9. The number of nitrogen functional groups attached to an aromatic ring is 1. The summed E-state index contributed by atoms with van der Waals surface area (Å²) in [4.78, 5) is 5.15. The molecule has 1 saturated heterocycles. The predicted octanol–water partition coefficient (Wildman–Crippen LogP) is 1.89. The molecule has 1 aliphatic rings. The van der Waals surface area contributed by atoms with Crippen molar-refractivity contribution in [1.82, 2.24) is 4.98 Å². The van der Waals surface area contributed by atoms with Crippen LogP contribution in [0.3, 0.4) is 0 Å². The van der Waals surface area contributed by atoms with E-state index in [0.717, 1.165) is 18.7 Å². The minimum absolute atomic E-state index is 0.0954. The van der Waals surface area contributed by atoms with Crippen molar-refractivity contribution < 1.29 is 18.3 Å². The van der Waals surface area contributed by atoms with Crippen LogP contribution in [0, 0.1) is 5.92 Å². The molecule has 1 aliphatic heterocycles. The van der Waals surface area contributed by atoms with Gasteiger partial charge < -0.3 is 15.7 Å². The molecule has 4 nitrogen and oxygen atoms in total. The number of rotatable bonds is 3. The van der Waals surface area contributed by atoms with Crippen LogP contribution >= 0.6 is 0 Å². The Bertz CT molecular complexity index is 450. The van der Waals surface area contributed by atoms with Gasteiger partial charge in [0.05, 0.1) is 17.6 Å². The third kappa shape index (κ3) is 3.09. The van der Waals surface area contributed by atoms with Gasteiger partial charge in [0.25, 0.3) is 0 Å². The molecular weight excluding hydrogens is 259 g/mol. The monoisotopic (exact) mass is 275 g/mol. The van der Waals surface area contributed by atoms with Crippen LogP contribution in [0.4, 0.5) is 24.5 Å². The van der Waals surface area contributed by atoms with Crippen molar-refractivity contribution in [2.24, 2.45) is 5.92 Å². The van der Waals surface area contributed by atoms with Crippen LogP contribution in [0.25, 0.3) is 0 Å². The molecule has 0 bridgehead atoms. The van der Waals surface area contributed by atoms with Crippen molar-refractivity contribution in [3.63, 3.8) is 0 Å². The highest BCUT2D eigenvalue weighted by molar-refractivity contribution is 5.67. The molecule has 1 unspecified atom stereocenters. The van der Waals surface area contributed by atoms with E-state index in [0.29, 0.717) is 31.1 Å². The summed E-state index contributed by atoms with van der Waals surface area (Å²) in [6, 6.07) is 0.997. The van der Waals surface area contributed by atoms with Crippen molar-refractivity contribution in [2.45, 2.75) is 19.0 Å². The average molecular weight is 275 g/mol. The van der Waals surface area contributed by atoms with Gasteiger partial charge in [0.2, 0.25) is 0 Å². The molecular formula is C12H16F3N3O. The molecule has 2 rings (SSSR count). The van der Waals surface area contributed by atoms with E-state index in [9.17, 15) is 13.2 Å². The van der Waals surface area contributed by atoms with E-state index in [1.54, 1.807) is 0 Å². The second-order valence-corrected chi connectivity index (χ2v) is 4.74. The van der Waals surface area contributed by atoms with E-state index in [1.165, 1.54) is 0 Å². The van der Waals surface area contributed by atoms with Gasteiger partial charge in [0, 0.05) is 19.7 Å². The largest absolute Gasteiger partial charge is 0.433 e. The van der Waals surface area contributed by atoms with Gasteiger partial charge in [0.15, 0.2) is 0 Å². The van der Waals surface area contributed by atoms with Gasteiger partial charge in [0.1, 0.15) is 5.69 Å². The molecule has 19 heavy (non-hydrogen) atoms. The fourth-order valence-corrected chi connectivity index (χ4v) is 2.35. The van der Waals surface area contributed by atoms with Crippen LogP contribution in [0.2, 0.25) is 0 Å². The van der Waals surface area contributed by atoms with Gasteiger partial charge in [-0.3, -0.25) is 0 Å². The van der Waals surface area contributed by atoms with Gasteiger partial charge in [-0.2, -0.15) is 13.2 Å². The molecule has 0 spiro atoms. The van der Waals surface area contributed by atoms with Gasteiger partial charge in [-0.1, -0.05) is 0 Å². The Morgan fingerprint density at radius 1 is 1.47 bits per heavy atom. The summed E-state index contributed by atoms with van der Waals surface area (Å²) in [7, 11) is 0. The summed E-state index contributed by atoms with van der Waals surface area (Å²) >= 11 is 0. The highest BCUT2D eigenvalue weighted by Crippen LogP contribution is 2.35. The number of aliphatic hydroxyl groups excluding tert-OH is 1. The third-order valence-corrected chi connectivity index (χ3v) is 3.37. The molecule has 3 N–H and O–H groups in total. The van der Waals surface area contributed by atoms with E-state index in [2.05, 4.69) is 4.98 Å². The summed E-state index contributed by atoms with van der Waals surface area (Å²) in [5.41, 5.74) is 5.41. The van der Waals surface area contributed by atoms with Gasteiger partial charge in [-0.05, 0) is 24.8 Å². The van der Waals surface area contributed by atoms with Crippen LogP contribution in [0.5, 0.6) is 0 Å². The zero-order valence-electron chi connectivity index (χ0n) is 10.3. The van der Waals surface area contributed by atoms with E-state index >= 15 is 0 Å². The summed E-state index contributed by atoms with van der Waals surface area (Å²) in [6.45, 7) is 1.36. The molecule has 1 aromatic heterocycles. The van der Waals surface area contributed by atoms with Crippen LogP contribution in [-0.4, -0.2) is 29.8 Å². The Kier molecular flexibility index (Phi) is 3.84. The number of nitrogens with zero attached hydrogens (tertiary/aromatic N) is 2. The number of hydrogen-bond acceptors (Lipinski definition) is 4. The molecule has 7 heteroatoms. The maximum absolute atomic E-state index is 12.6. The maximum Gasteiger partial charge on any atom is 0.433 e. The minimum Gasteiger partial charge on any atom is -0.396 e. The van der Waals surface area contributed by atoms with E-state index in [1.807, 2.05) is 4.90 Å². The summed E-state index contributed by atoms with van der Waals surface area (Å²) in [5, 5.41) is 8.89. The predicted molar refractivity (Wildman–Crippen MR) is 65.7 cm³/mol. The number of aromatic nitrogens is 1. The topological polar surface area (TPSA) is 62.4 Å². The highest BCUT2D eigenvalue weighted by Gasteiger charge is 2.34. The standard InChI is InChI=1S/C12H16F3N3O/c13-12(14,15)11-5-10(9(16)6-17-11)18-3-1-8(7-18)2-4-19/h5-6,8,19H,1-4,7,16H2. The lowest BCUT2D eigenvalue weighted by Crippen LogP contribution is -2.22. The van der Waals surface area contributed by atoms with Gasteiger partial charge in [-0.25, -0.2) is 4.98 Å². The first-order chi connectivity index (χ1) is 8.91. The molecule has 0 aromatic carbocycles. The molecule has 1 atom stereocenters. The Balaban J connectivity index is 2.20. The molecule has 2 heterocycles.